The van der Waals surface area contributed by atoms with Crippen LogP contribution in [0, 0.1) is 11.6 Å². The van der Waals surface area contributed by atoms with Gasteiger partial charge in [0.15, 0.2) is 17.2 Å². The SMILES string of the molecule is O=C(O)[C@]1(O)C[C@@H](Oc2nc(C3CCOCC3)c(-c3ccc(F)c(F)c3)c3cc4cn[nH]c4cc23)C1. The van der Waals surface area contributed by atoms with E-state index >= 15 is 0 Å². The Hall–Kier alpha value is -3.63. The Balaban J connectivity index is 1.56. The molecule has 8 nitrogen and oxygen atoms in total. The standard InChI is InChI=1S/C26H23F2N3O5/c27-19-2-1-14(8-20(19)28)22-17-7-15-12-29-31-21(15)9-18(17)24(30-23(22)13-3-5-35-6-4-13)36-16-10-26(34,11-16)25(32)33/h1-2,7-9,12-13,16,34H,3-6,10-11H2,(H,29,31)(H,32,33)/t16-,26+. The molecule has 2 aromatic heterocycles. The average Bonchev–Trinajstić information content (AvgIpc) is 3.31. The largest absolute Gasteiger partial charge is 0.479 e. The molecule has 1 saturated carbocycles. The molecule has 1 aliphatic heterocycles. The number of fused-ring (bicyclic) bond motifs is 2. The van der Waals surface area contributed by atoms with Crippen LogP contribution in [0.15, 0.2) is 36.5 Å². The van der Waals surface area contributed by atoms with Gasteiger partial charge in [-0.05, 0) is 48.1 Å². The van der Waals surface area contributed by atoms with Crippen molar-refractivity contribution in [1.29, 1.82) is 0 Å². The molecule has 0 bridgehead atoms. The predicted octanol–water partition coefficient (Wildman–Crippen LogP) is 4.31. The summed E-state index contributed by atoms with van der Waals surface area (Å²) in [6.45, 7) is 1.10. The van der Waals surface area contributed by atoms with E-state index in [2.05, 4.69) is 10.2 Å². The molecule has 0 spiro atoms. The number of hydrogen-bond acceptors (Lipinski definition) is 6. The molecule has 0 amide bonds. The first kappa shape index (κ1) is 22.8. The number of rotatable bonds is 5. The lowest BCUT2D eigenvalue weighted by Crippen LogP contribution is -2.55. The van der Waals surface area contributed by atoms with Crippen molar-refractivity contribution in [2.45, 2.75) is 43.3 Å². The van der Waals surface area contributed by atoms with E-state index in [1.54, 1.807) is 6.20 Å². The summed E-state index contributed by atoms with van der Waals surface area (Å²) in [5, 5.41) is 28.6. The Labute approximate surface area is 203 Å². The molecule has 2 aliphatic rings. The summed E-state index contributed by atoms with van der Waals surface area (Å²) < 4.78 is 39.9. The second-order valence-electron chi connectivity index (χ2n) is 9.53. The van der Waals surface area contributed by atoms with E-state index in [4.69, 9.17) is 14.5 Å². The molecule has 3 N–H and O–H groups in total. The number of aromatic nitrogens is 3. The number of aliphatic hydroxyl groups is 1. The van der Waals surface area contributed by atoms with Crippen LogP contribution in [0.5, 0.6) is 5.88 Å². The average molecular weight is 495 g/mol. The Morgan fingerprint density at radius 3 is 2.61 bits per heavy atom. The molecular formula is C26H23F2N3O5. The zero-order chi connectivity index (χ0) is 25.0. The van der Waals surface area contributed by atoms with E-state index in [1.807, 2.05) is 12.1 Å². The van der Waals surface area contributed by atoms with E-state index in [0.717, 1.165) is 22.4 Å². The van der Waals surface area contributed by atoms with Gasteiger partial charge in [-0.25, -0.2) is 18.6 Å². The molecule has 1 saturated heterocycles. The highest BCUT2D eigenvalue weighted by Crippen LogP contribution is 2.44. The van der Waals surface area contributed by atoms with Gasteiger partial charge >= 0.3 is 5.97 Å². The first-order valence-corrected chi connectivity index (χ1v) is 11.8. The minimum Gasteiger partial charge on any atom is -0.479 e. The van der Waals surface area contributed by atoms with E-state index in [9.17, 15) is 23.8 Å². The molecule has 1 aliphatic carbocycles. The van der Waals surface area contributed by atoms with Crippen molar-refractivity contribution < 1.29 is 33.3 Å². The molecule has 10 heteroatoms. The van der Waals surface area contributed by atoms with Crippen molar-refractivity contribution in [1.82, 2.24) is 15.2 Å². The van der Waals surface area contributed by atoms with Crippen LogP contribution < -0.4 is 4.74 Å². The predicted molar refractivity (Wildman–Crippen MR) is 126 cm³/mol. The van der Waals surface area contributed by atoms with Crippen molar-refractivity contribution in [2.24, 2.45) is 0 Å². The Morgan fingerprint density at radius 1 is 1.11 bits per heavy atom. The second kappa shape index (κ2) is 8.49. The maximum absolute atomic E-state index is 14.4. The van der Waals surface area contributed by atoms with Crippen LogP contribution in [0.3, 0.4) is 0 Å². The first-order valence-electron chi connectivity index (χ1n) is 11.8. The second-order valence-corrected chi connectivity index (χ2v) is 9.53. The van der Waals surface area contributed by atoms with E-state index in [1.165, 1.54) is 12.1 Å². The molecule has 0 atom stereocenters. The number of pyridine rings is 1. The number of aliphatic carboxylic acids is 1. The van der Waals surface area contributed by atoms with Crippen molar-refractivity contribution in [3.8, 4) is 17.0 Å². The topological polar surface area (TPSA) is 118 Å². The van der Waals surface area contributed by atoms with Crippen molar-refractivity contribution in [3.63, 3.8) is 0 Å². The van der Waals surface area contributed by atoms with Gasteiger partial charge in [-0.3, -0.25) is 5.10 Å². The molecule has 2 fully saturated rings. The number of hydrogen-bond donors (Lipinski definition) is 3. The van der Waals surface area contributed by atoms with Gasteiger partial charge in [-0.1, -0.05) is 6.07 Å². The highest BCUT2D eigenvalue weighted by atomic mass is 19.2. The lowest BCUT2D eigenvalue weighted by molar-refractivity contribution is -0.179. The van der Waals surface area contributed by atoms with Gasteiger partial charge in [0, 0.05) is 48.3 Å². The van der Waals surface area contributed by atoms with Crippen LogP contribution in [-0.2, 0) is 9.53 Å². The number of carbonyl (C=O) groups is 1. The molecule has 6 rings (SSSR count). The van der Waals surface area contributed by atoms with Crippen molar-refractivity contribution >= 4 is 27.6 Å². The summed E-state index contributed by atoms with van der Waals surface area (Å²) in [5.41, 5.74) is 0.780. The van der Waals surface area contributed by atoms with Gasteiger partial charge in [0.05, 0.1) is 17.4 Å². The minimum atomic E-state index is -1.81. The number of nitrogens with zero attached hydrogens (tertiary/aromatic N) is 2. The smallest absolute Gasteiger partial charge is 0.335 e. The molecule has 36 heavy (non-hydrogen) atoms. The summed E-state index contributed by atoms with van der Waals surface area (Å²) in [7, 11) is 0. The van der Waals surface area contributed by atoms with Crippen LogP contribution in [0.2, 0.25) is 0 Å². The third-order valence-corrected chi connectivity index (χ3v) is 7.18. The molecule has 186 valence electrons. The van der Waals surface area contributed by atoms with Gasteiger partial charge in [0.2, 0.25) is 5.88 Å². The highest BCUT2D eigenvalue weighted by molar-refractivity contribution is 6.06. The summed E-state index contributed by atoms with van der Waals surface area (Å²) in [5.74, 6) is -2.88. The quantitative estimate of drug-likeness (QED) is 0.378. The van der Waals surface area contributed by atoms with E-state index < -0.39 is 29.3 Å². The first-order chi connectivity index (χ1) is 17.3. The molecule has 0 unspecified atom stereocenters. The molecular weight excluding hydrogens is 472 g/mol. The van der Waals surface area contributed by atoms with Crippen molar-refractivity contribution in [3.05, 3.63) is 53.9 Å². The fraction of sp³-hybridized carbons (Fsp3) is 0.346. The molecule has 2 aromatic carbocycles. The number of aromatic amines is 1. The highest BCUT2D eigenvalue weighted by Gasteiger charge is 2.51. The minimum absolute atomic E-state index is 0.00833. The lowest BCUT2D eigenvalue weighted by atomic mass is 9.77. The van der Waals surface area contributed by atoms with Crippen LogP contribution in [-0.4, -0.2) is 56.3 Å². The fourth-order valence-corrected chi connectivity index (χ4v) is 5.16. The number of halogens is 2. The monoisotopic (exact) mass is 495 g/mol. The van der Waals surface area contributed by atoms with Gasteiger partial charge in [0.25, 0.3) is 0 Å². The van der Waals surface area contributed by atoms with E-state index in [-0.39, 0.29) is 18.8 Å². The Kier molecular flexibility index (Phi) is 5.38. The van der Waals surface area contributed by atoms with Crippen LogP contribution in [0.4, 0.5) is 8.78 Å². The molecule has 0 radical (unpaired) electrons. The molecule has 4 aromatic rings. The summed E-state index contributed by atoms with van der Waals surface area (Å²) in [6, 6.07) is 7.56. The lowest BCUT2D eigenvalue weighted by Gasteiger charge is -2.39. The van der Waals surface area contributed by atoms with Gasteiger partial charge in [-0.15, -0.1) is 0 Å². The van der Waals surface area contributed by atoms with Crippen LogP contribution in [0.25, 0.3) is 32.8 Å². The fourth-order valence-electron chi connectivity index (χ4n) is 5.16. The number of benzene rings is 2. The maximum atomic E-state index is 14.4. The third kappa shape index (κ3) is 3.77. The van der Waals surface area contributed by atoms with Crippen molar-refractivity contribution in [2.75, 3.05) is 13.2 Å². The van der Waals surface area contributed by atoms with Gasteiger partial charge in [-0.2, -0.15) is 5.10 Å². The summed E-state index contributed by atoms with van der Waals surface area (Å²) >= 11 is 0. The number of H-pyrrole nitrogens is 1. The van der Waals surface area contributed by atoms with Gasteiger partial charge < -0.3 is 19.7 Å². The number of nitrogens with one attached hydrogen (secondary N) is 1. The van der Waals surface area contributed by atoms with Crippen LogP contribution in [0.1, 0.15) is 37.3 Å². The normalized spacial score (nSPS) is 22.6. The zero-order valence-corrected chi connectivity index (χ0v) is 19.1. The number of carboxylic acid groups (broad SMARTS) is 1. The third-order valence-electron chi connectivity index (χ3n) is 7.18. The Bertz CT molecular complexity index is 1490. The van der Waals surface area contributed by atoms with E-state index in [0.29, 0.717) is 54.1 Å². The molecule has 3 heterocycles. The summed E-state index contributed by atoms with van der Waals surface area (Å²) in [4.78, 5) is 16.2. The Morgan fingerprint density at radius 2 is 1.89 bits per heavy atom. The summed E-state index contributed by atoms with van der Waals surface area (Å²) in [6.07, 6.45) is 2.42. The number of ether oxygens (including phenoxy) is 2. The number of carboxylic acids is 1. The zero-order valence-electron chi connectivity index (χ0n) is 19.1. The van der Waals surface area contributed by atoms with Crippen LogP contribution >= 0.6 is 0 Å². The van der Waals surface area contributed by atoms with Gasteiger partial charge in [0.1, 0.15) is 6.10 Å². The maximum Gasteiger partial charge on any atom is 0.335 e.